The van der Waals surface area contributed by atoms with Crippen molar-refractivity contribution >= 4 is 11.6 Å². The zero-order valence-electron chi connectivity index (χ0n) is 7.79. The fraction of sp³-hybridized carbons (Fsp3) is 0.400. The van der Waals surface area contributed by atoms with Crippen LogP contribution in [0.1, 0.15) is 5.56 Å². The van der Waals surface area contributed by atoms with Crippen LogP contribution in [0.15, 0.2) is 18.2 Å². The molecule has 1 aromatic carbocycles. The normalized spacial score (nSPS) is 18.8. The van der Waals surface area contributed by atoms with Gasteiger partial charge < -0.3 is 14.6 Å². The molecule has 1 saturated heterocycles. The highest BCUT2D eigenvalue weighted by molar-refractivity contribution is 6.30. The molecular weight excluding hydrogens is 204 g/mol. The van der Waals surface area contributed by atoms with Gasteiger partial charge in [-0.25, -0.2) is 0 Å². The van der Waals surface area contributed by atoms with Gasteiger partial charge in [0.05, 0.1) is 20.3 Å². The van der Waals surface area contributed by atoms with Gasteiger partial charge in [0.2, 0.25) is 0 Å². The Hall–Kier alpha value is -0.770. The van der Waals surface area contributed by atoms with E-state index in [0.717, 1.165) is 0 Å². The predicted molar refractivity (Wildman–Crippen MR) is 52.7 cm³/mol. The Balaban J connectivity index is 2.43. The zero-order valence-corrected chi connectivity index (χ0v) is 8.54. The third kappa shape index (κ3) is 1.47. The van der Waals surface area contributed by atoms with E-state index in [-0.39, 0.29) is 0 Å². The van der Waals surface area contributed by atoms with E-state index in [4.69, 9.17) is 21.1 Å². The maximum atomic E-state index is 10.1. The second-order valence-corrected chi connectivity index (χ2v) is 3.81. The second kappa shape index (κ2) is 3.42. The fourth-order valence-corrected chi connectivity index (χ4v) is 1.67. The van der Waals surface area contributed by atoms with Crippen molar-refractivity contribution in [3.63, 3.8) is 0 Å². The number of ether oxygens (including phenoxy) is 2. The minimum atomic E-state index is -0.934. The third-order valence-electron chi connectivity index (χ3n) is 2.34. The quantitative estimate of drug-likeness (QED) is 0.812. The first-order valence-electron chi connectivity index (χ1n) is 4.30. The van der Waals surface area contributed by atoms with Crippen LogP contribution in [0, 0.1) is 0 Å². The molecule has 2 rings (SSSR count). The van der Waals surface area contributed by atoms with Gasteiger partial charge in [-0.15, -0.1) is 0 Å². The predicted octanol–water partition coefficient (Wildman–Crippen LogP) is 1.57. The van der Waals surface area contributed by atoms with Crippen molar-refractivity contribution in [1.29, 1.82) is 0 Å². The Morgan fingerprint density at radius 3 is 2.71 bits per heavy atom. The Morgan fingerprint density at radius 2 is 2.21 bits per heavy atom. The number of aliphatic hydroxyl groups is 1. The molecule has 1 aromatic rings. The van der Waals surface area contributed by atoms with Gasteiger partial charge >= 0.3 is 0 Å². The van der Waals surface area contributed by atoms with Crippen LogP contribution in [0.25, 0.3) is 0 Å². The van der Waals surface area contributed by atoms with Crippen molar-refractivity contribution in [3.8, 4) is 5.75 Å². The van der Waals surface area contributed by atoms with Crippen LogP contribution in [0.5, 0.6) is 5.75 Å². The lowest BCUT2D eigenvalue weighted by Crippen LogP contribution is -2.46. The van der Waals surface area contributed by atoms with E-state index < -0.39 is 5.60 Å². The van der Waals surface area contributed by atoms with Crippen molar-refractivity contribution < 1.29 is 14.6 Å². The van der Waals surface area contributed by atoms with Crippen molar-refractivity contribution in [3.05, 3.63) is 28.8 Å². The first-order valence-corrected chi connectivity index (χ1v) is 4.68. The number of benzene rings is 1. The van der Waals surface area contributed by atoms with E-state index in [1.807, 2.05) is 0 Å². The molecular formula is C10H11ClO3. The van der Waals surface area contributed by atoms with Gasteiger partial charge in [0.25, 0.3) is 0 Å². The van der Waals surface area contributed by atoms with Crippen molar-refractivity contribution in [2.75, 3.05) is 20.3 Å². The Morgan fingerprint density at radius 1 is 1.50 bits per heavy atom. The smallest absolute Gasteiger partial charge is 0.140 e. The number of halogens is 1. The van der Waals surface area contributed by atoms with E-state index in [9.17, 15) is 5.11 Å². The second-order valence-electron chi connectivity index (χ2n) is 3.37. The summed E-state index contributed by atoms with van der Waals surface area (Å²) in [4.78, 5) is 0. The molecule has 0 bridgehead atoms. The zero-order chi connectivity index (χ0) is 10.2. The lowest BCUT2D eigenvalue weighted by molar-refractivity contribution is -0.185. The molecule has 0 aliphatic carbocycles. The highest BCUT2D eigenvalue weighted by atomic mass is 35.5. The Kier molecular flexibility index (Phi) is 2.39. The van der Waals surface area contributed by atoms with E-state index >= 15 is 0 Å². The van der Waals surface area contributed by atoms with Crippen molar-refractivity contribution in [1.82, 2.24) is 0 Å². The molecule has 1 aliphatic heterocycles. The molecule has 0 spiro atoms. The summed E-state index contributed by atoms with van der Waals surface area (Å²) in [5, 5.41) is 10.6. The summed E-state index contributed by atoms with van der Waals surface area (Å²) in [5.41, 5.74) is -0.241. The molecule has 0 aromatic heterocycles. The molecule has 1 N–H and O–H groups in total. The summed E-state index contributed by atoms with van der Waals surface area (Å²) in [5.74, 6) is 0.639. The van der Waals surface area contributed by atoms with Gasteiger partial charge in [-0.3, -0.25) is 0 Å². The molecule has 1 heterocycles. The highest BCUT2D eigenvalue weighted by Crippen LogP contribution is 2.36. The third-order valence-corrected chi connectivity index (χ3v) is 2.58. The van der Waals surface area contributed by atoms with E-state index in [1.165, 1.54) is 0 Å². The first kappa shape index (κ1) is 9.77. The maximum Gasteiger partial charge on any atom is 0.140 e. The van der Waals surface area contributed by atoms with Crippen LogP contribution in [-0.4, -0.2) is 25.4 Å². The fourth-order valence-electron chi connectivity index (χ4n) is 1.49. The SMILES string of the molecule is COc1ccc(Cl)cc1C1(O)COC1. The molecule has 0 unspecified atom stereocenters. The monoisotopic (exact) mass is 214 g/mol. The molecule has 0 atom stereocenters. The topological polar surface area (TPSA) is 38.7 Å². The summed E-state index contributed by atoms with van der Waals surface area (Å²) in [6, 6.07) is 5.18. The number of rotatable bonds is 2. The molecule has 0 amide bonds. The largest absolute Gasteiger partial charge is 0.496 e. The maximum absolute atomic E-state index is 10.1. The summed E-state index contributed by atoms with van der Waals surface area (Å²) < 4.78 is 10.1. The minimum Gasteiger partial charge on any atom is -0.496 e. The van der Waals surface area contributed by atoms with Crippen LogP contribution in [0.3, 0.4) is 0 Å². The average molecular weight is 215 g/mol. The van der Waals surface area contributed by atoms with Crippen LogP contribution >= 0.6 is 11.6 Å². The lowest BCUT2D eigenvalue weighted by atomic mass is 9.91. The molecule has 4 heteroatoms. The minimum absolute atomic E-state index is 0.295. The van der Waals surface area contributed by atoms with E-state index in [1.54, 1.807) is 25.3 Å². The lowest BCUT2D eigenvalue weighted by Gasteiger charge is -2.37. The first-order chi connectivity index (χ1) is 6.65. The van der Waals surface area contributed by atoms with Gasteiger partial charge in [-0.1, -0.05) is 11.6 Å². The van der Waals surface area contributed by atoms with Gasteiger partial charge in [-0.2, -0.15) is 0 Å². The van der Waals surface area contributed by atoms with E-state index in [0.29, 0.717) is 29.5 Å². The highest BCUT2D eigenvalue weighted by Gasteiger charge is 2.40. The molecule has 0 radical (unpaired) electrons. The van der Waals surface area contributed by atoms with Gasteiger partial charge in [0.15, 0.2) is 0 Å². The van der Waals surface area contributed by atoms with Crippen LogP contribution in [0.4, 0.5) is 0 Å². The Bertz CT molecular complexity index is 347. The molecule has 1 aliphatic rings. The molecule has 14 heavy (non-hydrogen) atoms. The summed E-state index contributed by atoms with van der Waals surface area (Å²) >= 11 is 5.85. The number of methoxy groups -OCH3 is 1. The summed E-state index contributed by atoms with van der Waals surface area (Å²) in [6.07, 6.45) is 0. The van der Waals surface area contributed by atoms with Crippen molar-refractivity contribution in [2.45, 2.75) is 5.60 Å². The number of hydrogen-bond donors (Lipinski definition) is 1. The van der Waals surface area contributed by atoms with Crippen LogP contribution in [-0.2, 0) is 10.3 Å². The van der Waals surface area contributed by atoms with Gasteiger partial charge in [-0.05, 0) is 18.2 Å². The summed E-state index contributed by atoms with van der Waals surface area (Å²) in [7, 11) is 1.57. The molecule has 76 valence electrons. The Labute approximate surface area is 87.2 Å². The van der Waals surface area contributed by atoms with E-state index in [2.05, 4.69) is 0 Å². The van der Waals surface area contributed by atoms with Crippen molar-refractivity contribution in [2.24, 2.45) is 0 Å². The molecule has 0 saturated carbocycles. The molecule has 1 fully saturated rings. The standard InChI is InChI=1S/C10H11ClO3/c1-13-9-3-2-7(11)4-8(9)10(12)5-14-6-10/h2-4,12H,5-6H2,1H3. The van der Waals surface area contributed by atoms with Crippen LogP contribution < -0.4 is 4.74 Å². The van der Waals surface area contributed by atoms with Crippen LogP contribution in [0.2, 0.25) is 5.02 Å². The molecule has 3 nitrogen and oxygen atoms in total. The summed E-state index contributed by atoms with van der Waals surface area (Å²) in [6.45, 7) is 0.591. The average Bonchev–Trinajstić information content (AvgIpc) is 2.14. The number of hydrogen-bond acceptors (Lipinski definition) is 3. The van der Waals surface area contributed by atoms with Gasteiger partial charge in [0, 0.05) is 10.6 Å². The van der Waals surface area contributed by atoms with Gasteiger partial charge in [0.1, 0.15) is 11.4 Å².